The number of aliphatic hydroxyl groups is 1. The summed E-state index contributed by atoms with van der Waals surface area (Å²) in [4.78, 5) is 36.8. The highest BCUT2D eigenvalue weighted by molar-refractivity contribution is 6.15. The van der Waals surface area contributed by atoms with Crippen molar-refractivity contribution in [3.05, 3.63) is 69.5 Å². The zero-order valence-corrected chi connectivity index (χ0v) is 16.1. The molecular weight excluding hydrogens is 396 g/mol. The van der Waals surface area contributed by atoms with Crippen molar-refractivity contribution in [3.8, 4) is 11.5 Å². The average Bonchev–Trinajstić information content (AvgIpc) is 2.99. The van der Waals surface area contributed by atoms with E-state index in [0.717, 1.165) is 4.90 Å². The van der Waals surface area contributed by atoms with Crippen molar-refractivity contribution >= 4 is 23.3 Å². The number of carbonyl (C=O) groups excluding carboxylic acids is 2. The first-order valence-corrected chi connectivity index (χ1v) is 8.85. The zero-order valence-electron chi connectivity index (χ0n) is 16.1. The molecule has 0 saturated heterocycles. The molecule has 0 saturated carbocycles. The third-order valence-electron chi connectivity index (χ3n) is 4.56. The van der Waals surface area contributed by atoms with E-state index in [-0.39, 0.29) is 35.1 Å². The zero-order chi connectivity index (χ0) is 22.0. The van der Waals surface area contributed by atoms with Crippen molar-refractivity contribution in [1.82, 2.24) is 0 Å². The number of rotatable bonds is 6. The van der Waals surface area contributed by atoms with Crippen LogP contribution in [0.4, 0.5) is 11.4 Å². The summed E-state index contributed by atoms with van der Waals surface area (Å²) in [7, 11) is 1.34. The Morgan fingerprint density at radius 2 is 1.87 bits per heavy atom. The fourth-order valence-corrected chi connectivity index (χ4v) is 3.20. The van der Waals surface area contributed by atoms with Crippen LogP contribution in [0.25, 0.3) is 0 Å². The molecule has 30 heavy (non-hydrogen) atoms. The van der Waals surface area contributed by atoms with E-state index in [1.54, 1.807) is 6.92 Å². The Bertz CT molecular complexity index is 1050. The Hall–Kier alpha value is -4.08. The molecule has 0 aliphatic carbocycles. The molecule has 3 rings (SSSR count). The number of phenolic OH excluding ortho intramolecular Hbond substituents is 1. The molecular formula is C20H18N2O8. The number of anilines is 1. The third kappa shape index (κ3) is 3.50. The minimum atomic E-state index is -1.10. The number of methoxy groups -OCH3 is 1. The molecule has 1 aliphatic rings. The van der Waals surface area contributed by atoms with E-state index in [2.05, 4.69) is 0 Å². The first kappa shape index (κ1) is 20.6. The number of benzene rings is 2. The number of hydrogen-bond donors (Lipinski definition) is 2. The lowest BCUT2D eigenvalue weighted by Crippen LogP contribution is -2.31. The second-order valence-corrected chi connectivity index (χ2v) is 6.27. The molecule has 10 nitrogen and oxygen atoms in total. The van der Waals surface area contributed by atoms with Gasteiger partial charge < -0.3 is 19.7 Å². The largest absolute Gasteiger partial charge is 0.504 e. The van der Waals surface area contributed by atoms with Crippen LogP contribution in [0.3, 0.4) is 0 Å². The van der Waals surface area contributed by atoms with E-state index in [1.165, 1.54) is 49.6 Å². The molecule has 2 N–H and O–H groups in total. The van der Waals surface area contributed by atoms with Gasteiger partial charge in [0.1, 0.15) is 5.57 Å². The van der Waals surface area contributed by atoms with Gasteiger partial charge in [0, 0.05) is 17.8 Å². The summed E-state index contributed by atoms with van der Waals surface area (Å²) in [6.45, 7) is 1.60. The SMILES string of the molecule is CCOC(=O)C1=C(O)C(=O)N(c2ccc([N+](=O)[O-])cc2)[C@@H]1c1ccc(O)c(OC)c1. The van der Waals surface area contributed by atoms with E-state index in [0.29, 0.717) is 5.56 Å². The van der Waals surface area contributed by atoms with Gasteiger partial charge in [-0.25, -0.2) is 4.79 Å². The maximum atomic E-state index is 12.8. The van der Waals surface area contributed by atoms with Gasteiger partial charge in [0.2, 0.25) is 0 Å². The number of esters is 1. The monoisotopic (exact) mass is 414 g/mol. The highest BCUT2D eigenvalue weighted by Crippen LogP contribution is 2.43. The van der Waals surface area contributed by atoms with Gasteiger partial charge >= 0.3 is 5.97 Å². The highest BCUT2D eigenvalue weighted by Gasteiger charge is 2.45. The Morgan fingerprint density at radius 1 is 1.20 bits per heavy atom. The van der Waals surface area contributed by atoms with Gasteiger partial charge in [0.25, 0.3) is 11.6 Å². The topological polar surface area (TPSA) is 139 Å². The number of aliphatic hydroxyl groups excluding tert-OH is 1. The molecule has 0 bridgehead atoms. The fraction of sp³-hybridized carbons (Fsp3) is 0.200. The van der Waals surface area contributed by atoms with Crippen LogP contribution in [0.1, 0.15) is 18.5 Å². The number of nitro groups is 1. The van der Waals surface area contributed by atoms with Gasteiger partial charge in [0.05, 0.1) is 24.7 Å². The quantitative estimate of drug-likeness (QED) is 0.418. The van der Waals surface area contributed by atoms with Gasteiger partial charge in [0.15, 0.2) is 17.3 Å². The van der Waals surface area contributed by atoms with Crippen molar-refractivity contribution < 1.29 is 34.2 Å². The Morgan fingerprint density at radius 3 is 2.43 bits per heavy atom. The van der Waals surface area contributed by atoms with Crippen LogP contribution in [-0.2, 0) is 14.3 Å². The van der Waals surface area contributed by atoms with Crippen LogP contribution < -0.4 is 9.64 Å². The Labute approximate surface area is 170 Å². The molecule has 156 valence electrons. The molecule has 1 heterocycles. The normalized spacial score (nSPS) is 16.0. The molecule has 10 heteroatoms. The van der Waals surface area contributed by atoms with E-state index < -0.39 is 28.6 Å². The number of carbonyl (C=O) groups is 2. The van der Waals surface area contributed by atoms with Crippen molar-refractivity contribution in [1.29, 1.82) is 0 Å². The third-order valence-corrected chi connectivity index (χ3v) is 4.56. The van der Waals surface area contributed by atoms with Gasteiger partial charge in [-0.1, -0.05) is 6.07 Å². The van der Waals surface area contributed by atoms with Crippen LogP contribution in [0.5, 0.6) is 11.5 Å². The van der Waals surface area contributed by atoms with E-state index in [9.17, 15) is 29.9 Å². The van der Waals surface area contributed by atoms with E-state index in [1.807, 2.05) is 0 Å². The van der Waals surface area contributed by atoms with Crippen molar-refractivity contribution in [2.24, 2.45) is 0 Å². The predicted octanol–water partition coefficient (Wildman–Crippen LogP) is 2.77. The minimum Gasteiger partial charge on any atom is -0.504 e. The van der Waals surface area contributed by atoms with Gasteiger partial charge in [-0.05, 0) is 36.8 Å². The summed E-state index contributed by atoms with van der Waals surface area (Å²) in [6.07, 6.45) is 0. The first-order valence-electron chi connectivity index (χ1n) is 8.85. The number of amides is 1. The van der Waals surface area contributed by atoms with Crippen LogP contribution in [-0.4, -0.2) is 40.7 Å². The smallest absolute Gasteiger partial charge is 0.340 e. The number of nitrogens with zero attached hydrogens (tertiary/aromatic N) is 2. The number of aromatic hydroxyl groups is 1. The van der Waals surface area contributed by atoms with Crippen LogP contribution in [0, 0.1) is 10.1 Å². The number of non-ortho nitro benzene ring substituents is 1. The van der Waals surface area contributed by atoms with Gasteiger partial charge in [-0.2, -0.15) is 0 Å². The molecule has 2 aromatic rings. The lowest BCUT2D eigenvalue weighted by Gasteiger charge is -2.27. The summed E-state index contributed by atoms with van der Waals surface area (Å²) in [5, 5.41) is 31.3. The van der Waals surface area contributed by atoms with Gasteiger partial charge in [-0.15, -0.1) is 0 Å². The molecule has 0 unspecified atom stereocenters. The second-order valence-electron chi connectivity index (χ2n) is 6.27. The van der Waals surface area contributed by atoms with Gasteiger partial charge in [-0.3, -0.25) is 19.8 Å². The number of ether oxygens (including phenoxy) is 2. The average molecular weight is 414 g/mol. The lowest BCUT2D eigenvalue weighted by molar-refractivity contribution is -0.384. The highest BCUT2D eigenvalue weighted by atomic mass is 16.6. The fourth-order valence-electron chi connectivity index (χ4n) is 3.20. The predicted molar refractivity (Wildman–Crippen MR) is 104 cm³/mol. The molecule has 1 amide bonds. The summed E-state index contributed by atoms with van der Waals surface area (Å²) in [5.41, 5.74) is 0.0981. The van der Waals surface area contributed by atoms with Crippen LogP contribution in [0.15, 0.2) is 53.8 Å². The molecule has 0 spiro atoms. The summed E-state index contributed by atoms with van der Waals surface area (Å²) in [6, 6.07) is 8.18. The molecule has 0 fully saturated rings. The standard InChI is InChI=1S/C20H18N2O8/c1-3-30-20(26)16-17(11-4-9-14(23)15(10-11)29-2)21(19(25)18(16)24)12-5-7-13(8-6-12)22(27)28/h4-10,17,23-24H,3H2,1-2H3/t17-/m1/s1. The number of phenols is 1. The number of nitro benzene ring substituents is 1. The molecule has 1 aliphatic heterocycles. The second kappa shape index (κ2) is 8.11. The van der Waals surface area contributed by atoms with E-state index >= 15 is 0 Å². The number of hydrogen-bond acceptors (Lipinski definition) is 8. The van der Waals surface area contributed by atoms with Crippen LogP contribution in [0.2, 0.25) is 0 Å². The molecule has 0 aromatic heterocycles. The van der Waals surface area contributed by atoms with Crippen molar-refractivity contribution in [2.45, 2.75) is 13.0 Å². The maximum Gasteiger partial charge on any atom is 0.340 e. The van der Waals surface area contributed by atoms with Crippen molar-refractivity contribution in [2.75, 3.05) is 18.6 Å². The summed E-state index contributed by atoms with van der Waals surface area (Å²) in [5.74, 6) is -2.60. The summed E-state index contributed by atoms with van der Waals surface area (Å²) >= 11 is 0. The first-order chi connectivity index (χ1) is 14.3. The molecule has 2 aromatic carbocycles. The van der Waals surface area contributed by atoms with Crippen LogP contribution >= 0.6 is 0 Å². The Balaban J connectivity index is 2.16. The molecule has 0 radical (unpaired) electrons. The van der Waals surface area contributed by atoms with Crippen molar-refractivity contribution in [3.63, 3.8) is 0 Å². The minimum absolute atomic E-state index is 0.0208. The van der Waals surface area contributed by atoms with E-state index in [4.69, 9.17) is 9.47 Å². The Kier molecular flexibility index (Phi) is 5.58. The lowest BCUT2D eigenvalue weighted by atomic mass is 9.98. The summed E-state index contributed by atoms with van der Waals surface area (Å²) < 4.78 is 10.1. The molecule has 1 atom stereocenters. The maximum absolute atomic E-state index is 12.8.